The second kappa shape index (κ2) is 7.41. The standard InChI is InChI=1S/C20H20O4/c1-23-19(15-9-3-2-4-10-15)20(22)24-17-13-7-11-14-8-5-6-12-16(14)18(17)21/h2-6,8-10,12,17,19H,7,11,13H2,1H3/t17-,19+/m1/s1. The van der Waals surface area contributed by atoms with Crippen LogP contribution in [0.5, 0.6) is 0 Å². The van der Waals surface area contributed by atoms with Gasteiger partial charge in [-0.3, -0.25) is 4.79 Å². The van der Waals surface area contributed by atoms with E-state index in [2.05, 4.69) is 0 Å². The molecule has 0 radical (unpaired) electrons. The van der Waals surface area contributed by atoms with Crippen molar-refractivity contribution in [3.05, 3.63) is 71.3 Å². The lowest BCUT2D eigenvalue weighted by atomic mass is 10.0. The molecule has 4 heteroatoms. The number of rotatable bonds is 4. The number of methoxy groups -OCH3 is 1. The smallest absolute Gasteiger partial charge is 0.340 e. The maximum atomic E-state index is 12.7. The molecular weight excluding hydrogens is 304 g/mol. The predicted octanol–water partition coefficient (Wildman–Crippen LogP) is 3.51. The molecule has 0 aliphatic heterocycles. The number of carbonyl (C=O) groups excluding carboxylic acids is 2. The predicted molar refractivity (Wildman–Crippen MR) is 89.8 cm³/mol. The molecule has 2 atom stereocenters. The molecule has 0 heterocycles. The van der Waals surface area contributed by atoms with Gasteiger partial charge in [0.15, 0.2) is 12.2 Å². The highest BCUT2D eigenvalue weighted by atomic mass is 16.6. The van der Waals surface area contributed by atoms with E-state index in [1.807, 2.05) is 36.4 Å². The number of hydrogen-bond donors (Lipinski definition) is 0. The van der Waals surface area contributed by atoms with Gasteiger partial charge in [0.05, 0.1) is 0 Å². The highest BCUT2D eigenvalue weighted by Crippen LogP contribution is 2.25. The molecule has 0 fully saturated rings. The van der Waals surface area contributed by atoms with Crippen LogP contribution in [0, 0.1) is 0 Å². The van der Waals surface area contributed by atoms with Crippen LogP contribution >= 0.6 is 0 Å². The van der Waals surface area contributed by atoms with Crippen LogP contribution in [0.3, 0.4) is 0 Å². The van der Waals surface area contributed by atoms with Crippen molar-refractivity contribution in [2.24, 2.45) is 0 Å². The number of Topliss-reactive ketones (excluding diaryl/α,β-unsaturated/α-hetero) is 1. The average molecular weight is 324 g/mol. The summed E-state index contributed by atoms with van der Waals surface area (Å²) in [5.74, 6) is -0.652. The molecule has 124 valence electrons. The lowest BCUT2D eigenvalue weighted by Crippen LogP contribution is -2.30. The van der Waals surface area contributed by atoms with Crippen molar-refractivity contribution in [3.63, 3.8) is 0 Å². The minimum Gasteiger partial charge on any atom is -0.452 e. The summed E-state index contributed by atoms with van der Waals surface area (Å²) in [6.45, 7) is 0. The normalized spacial score (nSPS) is 18.4. The van der Waals surface area contributed by atoms with E-state index in [0.717, 1.165) is 18.4 Å². The molecule has 0 unspecified atom stereocenters. The molecule has 0 bridgehead atoms. The van der Waals surface area contributed by atoms with Crippen LogP contribution in [-0.4, -0.2) is 25.0 Å². The van der Waals surface area contributed by atoms with E-state index in [-0.39, 0.29) is 5.78 Å². The van der Waals surface area contributed by atoms with E-state index in [4.69, 9.17) is 9.47 Å². The van der Waals surface area contributed by atoms with Gasteiger partial charge in [-0.15, -0.1) is 0 Å². The zero-order valence-electron chi connectivity index (χ0n) is 13.6. The largest absolute Gasteiger partial charge is 0.452 e. The van der Waals surface area contributed by atoms with Gasteiger partial charge >= 0.3 is 5.97 Å². The van der Waals surface area contributed by atoms with E-state index in [9.17, 15) is 9.59 Å². The number of benzene rings is 2. The van der Waals surface area contributed by atoms with E-state index in [1.54, 1.807) is 18.2 Å². The maximum absolute atomic E-state index is 12.7. The summed E-state index contributed by atoms with van der Waals surface area (Å²) < 4.78 is 10.8. The quantitative estimate of drug-likeness (QED) is 0.638. The average Bonchev–Trinajstić information content (AvgIpc) is 2.76. The molecule has 0 amide bonds. The Morgan fingerprint density at radius 2 is 1.79 bits per heavy atom. The van der Waals surface area contributed by atoms with Gasteiger partial charge in [0.2, 0.25) is 5.78 Å². The summed E-state index contributed by atoms with van der Waals surface area (Å²) in [5, 5.41) is 0. The first-order valence-corrected chi connectivity index (χ1v) is 8.11. The topological polar surface area (TPSA) is 52.6 Å². The lowest BCUT2D eigenvalue weighted by Gasteiger charge is -2.19. The first kappa shape index (κ1) is 16.4. The van der Waals surface area contributed by atoms with Crippen LogP contribution in [0.2, 0.25) is 0 Å². The molecule has 0 aromatic heterocycles. The fourth-order valence-corrected chi connectivity index (χ4v) is 3.07. The Balaban J connectivity index is 1.77. The number of ketones is 1. The van der Waals surface area contributed by atoms with Crippen molar-refractivity contribution in [2.45, 2.75) is 31.5 Å². The molecule has 0 saturated heterocycles. The number of fused-ring (bicyclic) bond motifs is 1. The van der Waals surface area contributed by atoms with Crippen molar-refractivity contribution in [1.82, 2.24) is 0 Å². The van der Waals surface area contributed by atoms with Gasteiger partial charge in [0.1, 0.15) is 0 Å². The van der Waals surface area contributed by atoms with Gasteiger partial charge < -0.3 is 9.47 Å². The first-order chi connectivity index (χ1) is 11.7. The summed E-state index contributed by atoms with van der Waals surface area (Å²) >= 11 is 0. The van der Waals surface area contributed by atoms with Crippen molar-refractivity contribution in [1.29, 1.82) is 0 Å². The van der Waals surface area contributed by atoms with Crippen molar-refractivity contribution in [2.75, 3.05) is 7.11 Å². The molecule has 1 aliphatic carbocycles. The Kier molecular flexibility index (Phi) is 5.06. The Labute approximate surface area is 141 Å². The summed E-state index contributed by atoms with van der Waals surface area (Å²) in [6, 6.07) is 16.7. The van der Waals surface area contributed by atoms with Gasteiger partial charge in [-0.05, 0) is 30.4 Å². The number of ether oxygens (including phenoxy) is 2. The molecule has 0 saturated carbocycles. The van der Waals surface area contributed by atoms with Crippen LogP contribution in [0.15, 0.2) is 54.6 Å². The first-order valence-electron chi connectivity index (χ1n) is 8.11. The van der Waals surface area contributed by atoms with E-state index < -0.39 is 18.2 Å². The van der Waals surface area contributed by atoms with Gasteiger partial charge in [0.25, 0.3) is 0 Å². The minimum absolute atomic E-state index is 0.126. The van der Waals surface area contributed by atoms with Crippen molar-refractivity contribution in [3.8, 4) is 0 Å². The molecule has 0 N–H and O–H groups in total. The van der Waals surface area contributed by atoms with Crippen LogP contribution in [0.25, 0.3) is 0 Å². The molecule has 1 aliphatic rings. The number of esters is 1. The van der Waals surface area contributed by atoms with Gasteiger partial charge in [-0.25, -0.2) is 4.79 Å². The van der Waals surface area contributed by atoms with Gasteiger partial charge in [0, 0.05) is 12.7 Å². The Morgan fingerprint density at radius 1 is 1.08 bits per heavy atom. The summed E-state index contributed by atoms with van der Waals surface area (Å²) in [6.07, 6.45) is 0.594. The molecule has 24 heavy (non-hydrogen) atoms. The van der Waals surface area contributed by atoms with Crippen molar-refractivity contribution >= 4 is 11.8 Å². The monoisotopic (exact) mass is 324 g/mol. The Bertz CT molecular complexity index is 723. The van der Waals surface area contributed by atoms with Crippen LogP contribution < -0.4 is 0 Å². The summed E-state index contributed by atoms with van der Waals surface area (Å²) in [7, 11) is 1.46. The van der Waals surface area contributed by atoms with E-state index >= 15 is 0 Å². The van der Waals surface area contributed by atoms with Crippen LogP contribution in [0.1, 0.15) is 40.4 Å². The molecule has 3 rings (SSSR count). The number of hydrogen-bond acceptors (Lipinski definition) is 4. The van der Waals surface area contributed by atoms with Gasteiger partial charge in [-0.1, -0.05) is 54.6 Å². The van der Waals surface area contributed by atoms with E-state index in [0.29, 0.717) is 17.5 Å². The summed E-state index contributed by atoms with van der Waals surface area (Å²) in [4.78, 5) is 25.2. The maximum Gasteiger partial charge on any atom is 0.340 e. The van der Waals surface area contributed by atoms with Crippen molar-refractivity contribution < 1.29 is 19.1 Å². The Morgan fingerprint density at radius 3 is 2.54 bits per heavy atom. The van der Waals surface area contributed by atoms with E-state index in [1.165, 1.54) is 7.11 Å². The molecular formula is C20H20O4. The second-order valence-electron chi connectivity index (χ2n) is 5.87. The van der Waals surface area contributed by atoms with Crippen LogP contribution in [0.4, 0.5) is 0 Å². The zero-order chi connectivity index (χ0) is 16.9. The zero-order valence-corrected chi connectivity index (χ0v) is 13.6. The third-order valence-corrected chi connectivity index (χ3v) is 4.30. The lowest BCUT2D eigenvalue weighted by molar-refractivity contribution is -0.159. The second-order valence-corrected chi connectivity index (χ2v) is 5.87. The summed E-state index contributed by atoms with van der Waals surface area (Å²) in [5.41, 5.74) is 2.39. The van der Waals surface area contributed by atoms with Crippen LogP contribution in [-0.2, 0) is 20.7 Å². The van der Waals surface area contributed by atoms with Gasteiger partial charge in [-0.2, -0.15) is 0 Å². The Hall–Kier alpha value is -2.46. The third-order valence-electron chi connectivity index (χ3n) is 4.30. The number of carbonyl (C=O) groups is 2. The highest BCUT2D eigenvalue weighted by molar-refractivity contribution is 6.02. The number of aryl methyl sites for hydroxylation is 1. The molecule has 4 nitrogen and oxygen atoms in total. The molecule has 2 aromatic rings. The SMILES string of the molecule is CO[C@H](C(=O)O[C@@H]1CCCc2ccccc2C1=O)c1ccccc1. The highest BCUT2D eigenvalue weighted by Gasteiger charge is 2.31. The molecule has 0 spiro atoms. The molecule has 2 aromatic carbocycles. The fourth-order valence-electron chi connectivity index (χ4n) is 3.07. The third kappa shape index (κ3) is 3.39. The minimum atomic E-state index is -0.822. The fraction of sp³-hybridized carbons (Fsp3) is 0.300.